The maximum Gasteiger partial charge on any atom is 0.320 e. The molecule has 0 saturated carbocycles. The van der Waals surface area contributed by atoms with E-state index in [4.69, 9.17) is 10.8 Å². The van der Waals surface area contributed by atoms with Crippen LogP contribution >= 0.6 is 0 Å². The van der Waals surface area contributed by atoms with Gasteiger partial charge in [-0.05, 0) is 12.0 Å². The maximum absolute atomic E-state index is 10.5. The Balaban J connectivity index is 2.69. The van der Waals surface area contributed by atoms with Crippen molar-refractivity contribution in [3.63, 3.8) is 0 Å². The second kappa shape index (κ2) is 4.09. The van der Waals surface area contributed by atoms with E-state index in [0.717, 1.165) is 11.0 Å². The van der Waals surface area contributed by atoms with Crippen LogP contribution in [0.1, 0.15) is 5.56 Å². The molecule has 0 aliphatic rings. The summed E-state index contributed by atoms with van der Waals surface area (Å²) in [5, 5.41) is 8.59. The van der Waals surface area contributed by atoms with Crippen LogP contribution in [0.25, 0.3) is 0 Å². The van der Waals surface area contributed by atoms with Gasteiger partial charge in [-0.15, -0.1) is 0 Å². The number of carboxylic acid groups (broad SMARTS) is 1. The van der Waals surface area contributed by atoms with Gasteiger partial charge in [0.15, 0.2) is 0 Å². The molecule has 0 aliphatic heterocycles. The Morgan fingerprint density at radius 3 is 2.85 bits per heavy atom. The van der Waals surface area contributed by atoms with Crippen molar-refractivity contribution < 1.29 is 9.90 Å². The third kappa shape index (κ3) is 2.91. The number of rotatable bonds is 3. The SMILES string of the molecule is Bc1cccc(C[C@H](N)C(=O)O)c1. The summed E-state index contributed by atoms with van der Waals surface area (Å²) >= 11 is 0. The van der Waals surface area contributed by atoms with Crippen LogP contribution in [0.2, 0.25) is 0 Å². The Labute approximate surface area is 78.0 Å². The molecule has 0 radical (unpaired) electrons. The number of hydrogen-bond donors (Lipinski definition) is 2. The van der Waals surface area contributed by atoms with Gasteiger partial charge in [0.1, 0.15) is 13.9 Å². The molecule has 1 atom stereocenters. The lowest BCUT2D eigenvalue weighted by Crippen LogP contribution is -2.32. The van der Waals surface area contributed by atoms with Gasteiger partial charge >= 0.3 is 5.97 Å². The molecule has 0 spiro atoms. The van der Waals surface area contributed by atoms with E-state index in [-0.39, 0.29) is 0 Å². The van der Waals surface area contributed by atoms with E-state index in [2.05, 4.69) is 0 Å². The fraction of sp³-hybridized carbons (Fsp3) is 0.222. The zero-order chi connectivity index (χ0) is 9.84. The summed E-state index contributed by atoms with van der Waals surface area (Å²) in [6.07, 6.45) is 0.386. The van der Waals surface area contributed by atoms with E-state index >= 15 is 0 Å². The van der Waals surface area contributed by atoms with Crippen LogP contribution in [-0.4, -0.2) is 25.0 Å². The topological polar surface area (TPSA) is 63.3 Å². The minimum atomic E-state index is -0.957. The average molecular weight is 177 g/mol. The molecule has 13 heavy (non-hydrogen) atoms. The first-order chi connectivity index (χ1) is 6.09. The number of nitrogens with two attached hydrogens (primary N) is 1. The van der Waals surface area contributed by atoms with Gasteiger partial charge in [-0.2, -0.15) is 0 Å². The van der Waals surface area contributed by atoms with Crippen molar-refractivity contribution in [1.29, 1.82) is 0 Å². The average Bonchev–Trinajstić information content (AvgIpc) is 2.04. The van der Waals surface area contributed by atoms with Crippen molar-refractivity contribution in [3.05, 3.63) is 29.8 Å². The van der Waals surface area contributed by atoms with Crippen LogP contribution in [0.5, 0.6) is 0 Å². The summed E-state index contributed by atoms with van der Waals surface area (Å²) in [6, 6.07) is 6.90. The van der Waals surface area contributed by atoms with Crippen molar-refractivity contribution in [3.8, 4) is 0 Å². The third-order valence-corrected chi connectivity index (χ3v) is 1.86. The Morgan fingerprint density at radius 2 is 2.31 bits per heavy atom. The molecule has 0 heterocycles. The van der Waals surface area contributed by atoms with Gasteiger partial charge in [0.05, 0.1) is 0 Å². The summed E-state index contributed by atoms with van der Waals surface area (Å²) in [5.41, 5.74) is 7.49. The summed E-state index contributed by atoms with van der Waals surface area (Å²) in [7, 11) is 1.97. The Hall–Kier alpha value is -1.29. The van der Waals surface area contributed by atoms with Gasteiger partial charge in [-0.1, -0.05) is 29.7 Å². The summed E-state index contributed by atoms with van der Waals surface area (Å²) in [5.74, 6) is -0.957. The molecule has 0 bridgehead atoms. The highest BCUT2D eigenvalue weighted by molar-refractivity contribution is 6.32. The third-order valence-electron chi connectivity index (χ3n) is 1.86. The lowest BCUT2D eigenvalue weighted by Gasteiger charge is -2.06. The van der Waals surface area contributed by atoms with Crippen LogP contribution in [0.4, 0.5) is 0 Å². The first kappa shape index (κ1) is 9.80. The highest BCUT2D eigenvalue weighted by atomic mass is 16.4. The van der Waals surface area contributed by atoms with Crippen LogP contribution in [0.3, 0.4) is 0 Å². The molecule has 0 aliphatic carbocycles. The predicted octanol–water partition coefficient (Wildman–Crippen LogP) is -1.10. The van der Waals surface area contributed by atoms with E-state index in [9.17, 15) is 4.79 Å². The highest BCUT2D eigenvalue weighted by Crippen LogP contribution is 1.99. The molecule has 0 aromatic heterocycles. The normalized spacial score (nSPS) is 12.4. The van der Waals surface area contributed by atoms with Crippen molar-refractivity contribution in [2.24, 2.45) is 5.73 Å². The Morgan fingerprint density at radius 1 is 1.62 bits per heavy atom. The molecular weight excluding hydrogens is 165 g/mol. The molecule has 1 aromatic rings. The van der Waals surface area contributed by atoms with Gasteiger partial charge in [0.25, 0.3) is 0 Å². The van der Waals surface area contributed by atoms with Gasteiger partial charge in [0.2, 0.25) is 0 Å². The molecule has 3 N–H and O–H groups in total. The first-order valence-corrected chi connectivity index (χ1v) is 4.13. The highest BCUT2D eigenvalue weighted by Gasteiger charge is 2.11. The molecule has 0 saturated heterocycles. The summed E-state index contributed by atoms with van der Waals surface area (Å²) in [6.45, 7) is 0. The van der Waals surface area contributed by atoms with Crippen LogP contribution in [-0.2, 0) is 11.2 Å². The number of hydrogen-bond acceptors (Lipinski definition) is 2. The molecule has 4 heteroatoms. The zero-order valence-corrected chi connectivity index (χ0v) is 7.53. The summed E-state index contributed by atoms with van der Waals surface area (Å²) < 4.78 is 0. The van der Waals surface area contributed by atoms with Crippen molar-refractivity contribution in [2.45, 2.75) is 12.5 Å². The smallest absolute Gasteiger partial charge is 0.320 e. The Bertz CT molecular complexity index is 314. The van der Waals surface area contributed by atoms with Gasteiger partial charge in [0, 0.05) is 0 Å². The number of carbonyl (C=O) groups is 1. The second-order valence-electron chi connectivity index (χ2n) is 3.14. The molecular formula is C9H12BNO2. The van der Waals surface area contributed by atoms with Crippen LogP contribution in [0, 0.1) is 0 Å². The Kier molecular flexibility index (Phi) is 3.09. The van der Waals surface area contributed by atoms with Gasteiger partial charge in [-0.25, -0.2) is 0 Å². The van der Waals surface area contributed by atoms with E-state index < -0.39 is 12.0 Å². The monoisotopic (exact) mass is 177 g/mol. The fourth-order valence-corrected chi connectivity index (χ4v) is 1.18. The number of aliphatic carboxylic acids is 1. The quantitative estimate of drug-likeness (QED) is 0.576. The maximum atomic E-state index is 10.5. The molecule has 3 nitrogen and oxygen atoms in total. The van der Waals surface area contributed by atoms with Crippen molar-refractivity contribution >= 4 is 19.3 Å². The lowest BCUT2D eigenvalue weighted by atomic mass is 9.93. The first-order valence-electron chi connectivity index (χ1n) is 4.13. The molecule has 1 rings (SSSR count). The molecule has 0 unspecified atom stereocenters. The minimum Gasteiger partial charge on any atom is -0.480 e. The van der Waals surface area contributed by atoms with Gasteiger partial charge in [-0.3, -0.25) is 4.79 Å². The zero-order valence-electron chi connectivity index (χ0n) is 7.53. The summed E-state index contributed by atoms with van der Waals surface area (Å²) in [4.78, 5) is 10.5. The standard InChI is InChI=1S/C9H12BNO2/c10-7-3-1-2-6(4-7)5-8(11)9(12)13/h1-4,8H,5,10-11H2,(H,12,13)/t8-/m0/s1. The minimum absolute atomic E-state index is 0.386. The fourth-order valence-electron chi connectivity index (χ4n) is 1.18. The lowest BCUT2D eigenvalue weighted by molar-refractivity contribution is -0.138. The molecule has 0 amide bonds. The largest absolute Gasteiger partial charge is 0.480 e. The van der Waals surface area contributed by atoms with Crippen LogP contribution < -0.4 is 11.2 Å². The molecule has 68 valence electrons. The van der Waals surface area contributed by atoms with Crippen molar-refractivity contribution in [1.82, 2.24) is 0 Å². The van der Waals surface area contributed by atoms with Crippen molar-refractivity contribution in [2.75, 3.05) is 0 Å². The molecule has 0 fully saturated rings. The second-order valence-corrected chi connectivity index (χ2v) is 3.14. The van der Waals surface area contributed by atoms with E-state index in [1.807, 2.05) is 32.1 Å². The predicted molar refractivity (Wildman–Crippen MR) is 53.9 cm³/mol. The van der Waals surface area contributed by atoms with Gasteiger partial charge < -0.3 is 10.8 Å². The van der Waals surface area contributed by atoms with E-state index in [1.165, 1.54) is 0 Å². The number of benzene rings is 1. The molecule has 1 aromatic carbocycles. The number of carboxylic acids is 1. The van der Waals surface area contributed by atoms with Crippen LogP contribution in [0.15, 0.2) is 24.3 Å². The van der Waals surface area contributed by atoms with E-state index in [1.54, 1.807) is 0 Å². The van der Waals surface area contributed by atoms with E-state index in [0.29, 0.717) is 6.42 Å².